The maximum Gasteiger partial charge on any atom is 0.419 e. The van der Waals surface area contributed by atoms with E-state index in [1.54, 1.807) is 0 Å². The van der Waals surface area contributed by atoms with Crippen molar-refractivity contribution in [3.8, 4) is 5.75 Å². The van der Waals surface area contributed by atoms with Crippen LogP contribution in [0, 0.1) is 0 Å². The van der Waals surface area contributed by atoms with Crippen molar-refractivity contribution < 1.29 is 28.6 Å². The van der Waals surface area contributed by atoms with Crippen molar-refractivity contribution in [1.82, 2.24) is 4.98 Å². The van der Waals surface area contributed by atoms with Crippen LogP contribution in [-0.2, 0) is 0 Å². The lowest BCUT2D eigenvalue weighted by Gasteiger charge is -2.19. The Morgan fingerprint density at radius 2 is 1.81 bits per heavy atom. The number of amides is 3. The summed E-state index contributed by atoms with van der Waals surface area (Å²) in [6, 6.07) is 7.27. The van der Waals surface area contributed by atoms with Crippen LogP contribution in [0.3, 0.4) is 0 Å². The van der Waals surface area contributed by atoms with E-state index in [4.69, 9.17) is 38.1 Å². The molecule has 0 saturated carbocycles. The molecule has 0 fully saturated rings. The topological polar surface area (TPSA) is 136 Å². The molecule has 0 aliphatic rings. The Hall–Kier alpha value is -3.82. The summed E-state index contributed by atoms with van der Waals surface area (Å²) in [5.41, 5.74) is 6.01. The third-order valence-electron chi connectivity index (χ3n) is 4.76. The summed E-state index contributed by atoms with van der Waals surface area (Å²) < 4.78 is 11.1. The molecular weight excluding hydrogens is 461 g/mol. The minimum atomic E-state index is -1.60. The molecule has 11 heteroatoms. The zero-order valence-corrected chi connectivity index (χ0v) is 17.8. The van der Waals surface area contributed by atoms with Crippen LogP contribution in [0.2, 0.25) is 10.0 Å². The Kier molecular flexibility index (Phi) is 5.37. The number of ether oxygens (including phenoxy) is 1. The van der Waals surface area contributed by atoms with Gasteiger partial charge < -0.3 is 20.0 Å². The number of fused-ring (bicyclic) bond motifs is 3. The van der Waals surface area contributed by atoms with Gasteiger partial charge in [-0.15, -0.1) is 0 Å². The molecule has 4 rings (SSSR count). The first kappa shape index (κ1) is 21.4. The molecule has 32 heavy (non-hydrogen) atoms. The largest absolute Gasteiger partial charge is 0.493 e. The van der Waals surface area contributed by atoms with Gasteiger partial charge in [-0.25, -0.2) is 9.69 Å². The van der Waals surface area contributed by atoms with Crippen LogP contribution in [0.1, 0.15) is 20.7 Å². The Morgan fingerprint density at radius 1 is 1.12 bits per heavy atom. The van der Waals surface area contributed by atoms with Crippen molar-refractivity contribution in [2.45, 2.75) is 0 Å². The van der Waals surface area contributed by atoms with Gasteiger partial charge in [-0.1, -0.05) is 23.2 Å². The van der Waals surface area contributed by atoms with Crippen molar-refractivity contribution in [2.75, 3.05) is 12.0 Å². The second-order valence-corrected chi connectivity index (χ2v) is 7.39. The van der Waals surface area contributed by atoms with Crippen LogP contribution in [0.5, 0.6) is 5.75 Å². The molecular formula is C21H13Cl2N3O6. The van der Waals surface area contributed by atoms with E-state index in [0.717, 1.165) is 0 Å². The lowest BCUT2D eigenvalue weighted by molar-refractivity contribution is 0.0979. The third kappa shape index (κ3) is 3.37. The lowest BCUT2D eigenvalue weighted by atomic mass is 10.0. The maximum absolute atomic E-state index is 13.2. The number of carboxylic acid groups (broad SMARTS) is 1. The normalized spacial score (nSPS) is 11.0. The zero-order valence-electron chi connectivity index (χ0n) is 16.3. The number of hydrogen-bond donors (Lipinski definition) is 2. The molecule has 162 valence electrons. The highest BCUT2D eigenvalue weighted by Gasteiger charge is 2.29. The summed E-state index contributed by atoms with van der Waals surface area (Å²) in [5, 5.41) is 10.2. The van der Waals surface area contributed by atoms with Crippen molar-refractivity contribution in [1.29, 1.82) is 0 Å². The van der Waals surface area contributed by atoms with Crippen molar-refractivity contribution in [3.63, 3.8) is 0 Å². The molecule has 3 N–H and O–H groups in total. The molecule has 2 aromatic carbocycles. The van der Waals surface area contributed by atoms with E-state index in [0.29, 0.717) is 27.0 Å². The van der Waals surface area contributed by atoms with Gasteiger partial charge in [-0.2, -0.15) is 0 Å². The summed E-state index contributed by atoms with van der Waals surface area (Å²) in [4.78, 5) is 41.3. The number of benzene rings is 2. The second-order valence-electron chi connectivity index (χ2n) is 6.57. The fourth-order valence-electron chi connectivity index (χ4n) is 3.39. The van der Waals surface area contributed by atoms with E-state index in [1.807, 2.05) is 0 Å². The minimum absolute atomic E-state index is 0.0233. The second kappa shape index (κ2) is 8.03. The number of nitrogens with zero attached hydrogens (tertiary/aromatic N) is 2. The number of methoxy groups -OCH3 is 1. The molecule has 0 atom stereocenters. The van der Waals surface area contributed by atoms with Crippen LogP contribution in [0.25, 0.3) is 21.9 Å². The van der Waals surface area contributed by atoms with Gasteiger partial charge in [0, 0.05) is 28.7 Å². The van der Waals surface area contributed by atoms with E-state index >= 15 is 0 Å². The van der Waals surface area contributed by atoms with Gasteiger partial charge >= 0.3 is 6.09 Å². The fourth-order valence-corrected chi connectivity index (χ4v) is 3.92. The van der Waals surface area contributed by atoms with Crippen LogP contribution >= 0.6 is 23.2 Å². The van der Waals surface area contributed by atoms with E-state index < -0.39 is 17.9 Å². The van der Waals surface area contributed by atoms with E-state index in [2.05, 4.69) is 4.98 Å². The number of pyridine rings is 1. The van der Waals surface area contributed by atoms with Crippen molar-refractivity contribution in [2.24, 2.45) is 5.73 Å². The number of carbonyl (C=O) groups excluding carboxylic acids is 2. The van der Waals surface area contributed by atoms with Gasteiger partial charge in [0.15, 0.2) is 11.3 Å². The quantitative estimate of drug-likeness (QED) is 0.437. The van der Waals surface area contributed by atoms with Crippen LogP contribution < -0.4 is 15.4 Å². The van der Waals surface area contributed by atoms with Gasteiger partial charge in [-0.05, 0) is 30.3 Å². The molecule has 0 radical (unpaired) electrons. The summed E-state index contributed by atoms with van der Waals surface area (Å²) in [7, 11) is 1.44. The summed E-state index contributed by atoms with van der Waals surface area (Å²) in [6.45, 7) is 0. The fraction of sp³-hybridized carbons (Fsp3) is 0.0476. The van der Waals surface area contributed by atoms with Crippen LogP contribution in [0.4, 0.5) is 10.5 Å². The number of nitrogens with two attached hydrogens (primary N) is 1. The number of rotatable bonds is 4. The average Bonchev–Trinajstić information content (AvgIpc) is 3.13. The van der Waals surface area contributed by atoms with Crippen LogP contribution in [0.15, 0.2) is 47.1 Å². The molecule has 2 heterocycles. The zero-order chi connectivity index (χ0) is 23.2. The third-order valence-corrected chi connectivity index (χ3v) is 5.31. The number of anilines is 1. The van der Waals surface area contributed by atoms with Gasteiger partial charge in [0.05, 0.1) is 28.4 Å². The molecule has 3 amide bonds. The Morgan fingerprint density at radius 3 is 2.41 bits per heavy atom. The number of halogens is 2. The molecule has 9 nitrogen and oxygen atoms in total. The lowest BCUT2D eigenvalue weighted by Crippen LogP contribution is -2.36. The van der Waals surface area contributed by atoms with E-state index in [9.17, 15) is 19.5 Å². The number of imide groups is 1. The minimum Gasteiger partial charge on any atom is -0.493 e. The van der Waals surface area contributed by atoms with Gasteiger partial charge in [0.1, 0.15) is 5.58 Å². The molecule has 0 spiro atoms. The van der Waals surface area contributed by atoms with Crippen LogP contribution in [-0.4, -0.2) is 35.1 Å². The highest BCUT2D eigenvalue weighted by Crippen LogP contribution is 2.38. The predicted molar refractivity (Wildman–Crippen MR) is 118 cm³/mol. The van der Waals surface area contributed by atoms with E-state index in [-0.39, 0.29) is 32.4 Å². The van der Waals surface area contributed by atoms with E-state index in [1.165, 1.54) is 49.8 Å². The molecule has 2 aromatic heterocycles. The number of furan rings is 1. The number of aromatic nitrogens is 1. The number of hydrogen-bond acceptors (Lipinski definition) is 6. The smallest absolute Gasteiger partial charge is 0.419 e. The summed E-state index contributed by atoms with van der Waals surface area (Å²) in [6.07, 6.45) is 0.746. The molecule has 0 aliphatic carbocycles. The van der Waals surface area contributed by atoms with Gasteiger partial charge in [0.25, 0.3) is 5.91 Å². The predicted octanol–water partition coefficient (Wildman–Crippen LogP) is 4.72. The monoisotopic (exact) mass is 473 g/mol. The van der Waals surface area contributed by atoms with Gasteiger partial charge in [-0.3, -0.25) is 14.6 Å². The Labute approximate surface area is 189 Å². The number of carbonyl (C=O) groups is 3. The first-order valence-electron chi connectivity index (χ1n) is 8.94. The first-order valence-corrected chi connectivity index (χ1v) is 9.69. The maximum atomic E-state index is 13.2. The van der Waals surface area contributed by atoms with Crippen molar-refractivity contribution >= 4 is 68.7 Å². The Bertz CT molecular complexity index is 1410. The SMILES string of the molecule is COc1ccc(C(N)=O)c2c1oc1ccc(C(=O)N(C(=O)O)c3c(Cl)cncc3Cl)cc12. The molecule has 0 saturated heterocycles. The molecule has 4 aromatic rings. The van der Waals surface area contributed by atoms with Crippen molar-refractivity contribution in [3.05, 3.63) is 63.9 Å². The average molecular weight is 474 g/mol. The highest BCUT2D eigenvalue weighted by atomic mass is 35.5. The molecule has 0 aliphatic heterocycles. The molecule has 0 unspecified atom stereocenters. The highest BCUT2D eigenvalue weighted by molar-refractivity contribution is 6.41. The first-order chi connectivity index (χ1) is 15.2. The molecule has 0 bridgehead atoms. The Balaban J connectivity index is 1.95. The summed E-state index contributed by atoms with van der Waals surface area (Å²) in [5.74, 6) is -1.27. The van der Waals surface area contributed by atoms with Gasteiger partial charge in [0.2, 0.25) is 5.91 Å². The standard InChI is InChI=1S/C21H13Cl2N3O6/c1-31-15-5-3-10(19(24)27)16-11-6-9(2-4-14(11)32-18(15)16)20(28)26(21(29)30)17-12(22)7-25-8-13(17)23/h2-8H,1H3,(H2,24,27)(H,29,30). The number of primary amides is 1. The summed E-state index contributed by atoms with van der Waals surface area (Å²) >= 11 is 12.1.